The highest BCUT2D eigenvalue weighted by Crippen LogP contribution is 2.21. The zero-order valence-electron chi connectivity index (χ0n) is 11.2. The van der Waals surface area contributed by atoms with Gasteiger partial charge in [0.1, 0.15) is 11.5 Å². The lowest BCUT2D eigenvalue weighted by Gasteiger charge is -2.24. The number of carbonyl (C=O) groups excluding carboxylic acids is 2. The predicted molar refractivity (Wildman–Crippen MR) is 71.8 cm³/mol. The molecule has 6 nitrogen and oxygen atoms in total. The summed E-state index contributed by atoms with van der Waals surface area (Å²) in [6, 6.07) is 5.41. The van der Waals surface area contributed by atoms with Gasteiger partial charge in [-0.15, -0.1) is 0 Å². The normalized spacial score (nSPS) is 18.4. The van der Waals surface area contributed by atoms with Crippen LogP contribution in [0.2, 0.25) is 0 Å². The van der Waals surface area contributed by atoms with Gasteiger partial charge < -0.3 is 15.5 Å². The van der Waals surface area contributed by atoms with E-state index in [4.69, 9.17) is 5.73 Å². The molecule has 1 fully saturated rings. The van der Waals surface area contributed by atoms with Crippen molar-refractivity contribution in [2.75, 3.05) is 25.0 Å². The van der Waals surface area contributed by atoms with Crippen molar-refractivity contribution in [1.82, 2.24) is 9.88 Å². The zero-order valence-corrected chi connectivity index (χ0v) is 11.2. The van der Waals surface area contributed by atoms with Gasteiger partial charge in [0, 0.05) is 27.1 Å². The lowest BCUT2D eigenvalue weighted by Crippen LogP contribution is -2.37. The summed E-state index contributed by atoms with van der Waals surface area (Å²) in [4.78, 5) is 30.5. The molecule has 0 radical (unpaired) electrons. The summed E-state index contributed by atoms with van der Waals surface area (Å²) in [6.07, 6.45) is 0.901. The van der Waals surface area contributed by atoms with Crippen molar-refractivity contribution in [3.05, 3.63) is 23.9 Å². The molecular formula is C13H18N4O2. The second-order valence-electron chi connectivity index (χ2n) is 4.76. The van der Waals surface area contributed by atoms with Crippen LogP contribution in [0.3, 0.4) is 0 Å². The molecule has 0 aliphatic carbocycles. The van der Waals surface area contributed by atoms with Crippen molar-refractivity contribution in [1.29, 1.82) is 0 Å². The van der Waals surface area contributed by atoms with E-state index in [1.807, 2.05) is 13.1 Å². The smallest absolute Gasteiger partial charge is 0.267 e. The van der Waals surface area contributed by atoms with Gasteiger partial charge in [0.15, 0.2) is 0 Å². The summed E-state index contributed by atoms with van der Waals surface area (Å²) < 4.78 is 0. The fourth-order valence-electron chi connectivity index (χ4n) is 2.26. The van der Waals surface area contributed by atoms with Crippen molar-refractivity contribution >= 4 is 17.6 Å². The molecule has 2 rings (SSSR count). The summed E-state index contributed by atoms with van der Waals surface area (Å²) in [5, 5.41) is 0. The molecule has 2 amide bonds. The van der Waals surface area contributed by atoms with E-state index >= 15 is 0 Å². The Bertz CT molecular complexity index is 503. The first-order valence-electron chi connectivity index (χ1n) is 6.24. The van der Waals surface area contributed by atoms with Gasteiger partial charge in [0.2, 0.25) is 5.91 Å². The number of pyridine rings is 1. The molecular weight excluding hydrogens is 244 g/mol. The molecule has 1 aliphatic heterocycles. The molecule has 102 valence electrons. The molecule has 0 saturated carbocycles. The van der Waals surface area contributed by atoms with Crippen LogP contribution in [0.15, 0.2) is 18.2 Å². The third-order valence-corrected chi connectivity index (χ3v) is 3.52. The van der Waals surface area contributed by atoms with Gasteiger partial charge in [-0.1, -0.05) is 6.07 Å². The Morgan fingerprint density at radius 2 is 2.21 bits per heavy atom. The molecule has 0 aromatic carbocycles. The van der Waals surface area contributed by atoms with Gasteiger partial charge in [0.05, 0.1) is 6.04 Å². The average molecular weight is 262 g/mol. The van der Waals surface area contributed by atoms with Crippen LogP contribution in [0.1, 0.15) is 23.8 Å². The van der Waals surface area contributed by atoms with Crippen LogP contribution in [0.25, 0.3) is 0 Å². The maximum absolute atomic E-state index is 11.3. The molecule has 0 spiro atoms. The lowest BCUT2D eigenvalue weighted by atomic mass is 10.2. The number of hydrogen-bond donors (Lipinski definition) is 1. The van der Waals surface area contributed by atoms with Gasteiger partial charge in [0.25, 0.3) is 5.91 Å². The molecule has 19 heavy (non-hydrogen) atoms. The standard InChI is InChI=1S/C13H18N4O2/c1-9(18)16(2)10-6-7-17(8-10)12-5-3-4-11(15-12)13(14)19/h3-5,10H,6-8H2,1-2H3,(H2,14,19)/t10-/m1/s1. The lowest BCUT2D eigenvalue weighted by molar-refractivity contribution is -0.129. The number of nitrogens with two attached hydrogens (primary N) is 1. The van der Waals surface area contributed by atoms with Gasteiger partial charge in [-0.25, -0.2) is 4.98 Å². The highest BCUT2D eigenvalue weighted by Gasteiger charge is 2.27. The van der Waals surface area contributed by atoms with E-state index in [1.165, 1.54) is 0 Å². The third kappa shape index (κ3) is 2.83. The summed E-state index contributed by atoms with van der Waals surface area (Å²) in [5.74, 6) is 0.264. The first kappa shape index (κ1) is 13.3. The number of carbonyl (C=O) groups is 2. The van der Waals surface area contributed by atoms with Crippen molar-refractivity contribution in [3.8, 4) is 0 Å². The Labute approximate surface area is 112 Å². The highest BCUT2D eigenvalue weighted by atomic mass is 16.2. The molecule has 1 aliphatic rings. The Morgan fingerprint density at radius 3 is 2.84 bits per heavy atom. The van der Waals surface area contributed by atoms with E-state index in [-0.39, 0.29) is 17.6 Å². The Morgan fingerprint density at radius 1 is 1.47 bits per heavy atom. The molecule has 1 aromatic heterocycles. The maximum atomic E-state index is 11.3. The maximum Gasteiger partial charge on any atom is 0.267 e. The van der Waals surface area contributed by atoms with Crippen molar-refractivity contribution < 1.29 is 9.59 Å². The molecule has 1 atom stereocenters. The number of aromatic nitrogens is 1. The second kappa shape index (κ2) is 5.26. The minimum absolute atomic E-state index is 0.0608. The number of primary amides is 1. The fourth-order valence-corrected chi connectivity index (χ4v) is 2.26. The van der Waals surface area contributed by atoms with Crippen LogP contribution in [0.4, 0.5) is 5.82 Å². The number of hydrogen-bond acceptors (Lipinski definition) is 4. The number of anilines is 1. The summed E-state index contributed by atoms with van der Waals surface area (Å²) >= 11 is 0. The fraction of sp³-hybridized carbons (Fsp3) is 0.462. The zero-order chi connectivity index (χ0) is 14.0. The van der Waals surface area contributed by atoms with Crippen molar-refractivity contribution in [3.63, 3.8) is 0 Å². The van der Waals surface area contributed by atoms with Crippen molar-refractivity contribution in [2.45, 2.75) is 19.4 Å². The van der Waals surface area contributed by atoms with Crippen LogP contribution in [0, 0.1) is 0 Å². The third-order valence-electron chi connectivity index (χ3n) is 3.52. The first-order valence-corrected chi connectivity index (χ1v) is 6.24. The van der Waals surface area contributed by atoms with E-state index < -0.39 is 5.91 Å². The topological polar surface area (TPSA) is 79.5 Å². The number of nitrogens with zero attached hydrogens (tertiary/aromatic N) is 3. The van der Waals surface area contributed by atoms with Crippen LogP contribution < -0.4 is 10.6 Å². The van der Waals surface area contributed by atoms with Crippen LogP contribution in [-0.4, -0.2) is 47.9 Å². The number of amides is 2. The van der Waals surface area contributed by atoms with Crippen LogP contribution in [-0.2, 0) is 4.79 Å². The molecule has 1 aromatic rings. The summed E-state index contributed by atoms with van der Waals surface area (Å²) in [7, 11) is 1.81. The van der Waals surface area contributed by atoms with E-state index in [9.17, 15) is 9.59 Å². The average Bonchev–Trinajstić information content (AvgIpc) is 2.87. The second-order valence-corrected chi connectivity index (χ2v) is 4.76. The Balaban J connectivity index is 2.10. The largest absolute Gasteiger partial charge is 0.364 e. The quantitative estimate of drug-likeness (QED) is 0.846. The van der Waals surface area contributed by atoms with Gasteiger partial charge >= 0.3 is 0 Å². The first-order chi connectivity index (χ1) is 8.99. The Hall–Kier alpha value is -2.11. The van der Waals surface area contributed by atoms with Crippen LogP contribution >= 0.6 is 0 Å². The minimum Gasteiger partial charge on any atom is -0.364 e. The van der Waals surface area contributed by atoms with Crippen LogP contribution in [0.5, 0.6) is 0 Å². The molecule has 0 bridgehead atoms. The van der Waals surface area contributed by atoms with Gasteiger partial charge in [-0.05, 0) is 18.6 Å². The van der Waals surface area contributed by atoms with E-state index in [2.05, 4.69) is 9.88 Å². The summed E-state index contributed by atoms with van der Waals surface area (Å²) in [5.41, 5.74) is 5.49. The molecule has 2 heterocycles. The Kier molecular flexibility index (Phi) is 3.69. The predicted octanol–water partition coefficient (Wildman–Crippen LogP) is 0.238. The van der Waals surface area contributed by atoms with Gasteiger partial charge in [-0.3, -0.25) is 9.59 Å². The van der Waals surface area contributed by atoms with E-state index in [0.29, 0.717) is 0 Å². The molecule has 2 N–H and O–H groups in total. The van der Waals surface area contributed by atoms with Gasteiger partial charge in [-0.2, -0.15) is 0 Å². The molecule has 0 unspecified atom stereocenters. The summed E-state index contributed by atoms with van der Waals surface area (Å²) in [6.45, 7) is 3.11. The number of likely N-dealkylation sites (N-methyl/N-ethyl adjacent to an activating group) is 1. The monoisotopic (exact) mass is 262 g/mol. The molecule has 6 heteroatoms. The number of rotatable bonds is 3. The van der Waals surface area contributed by atoms with E-state index in [1.54, 1.807) is 24.0 Å². The SMILES string of the molecule is CC(=O)N(C)[C@@H]1CCN(c2cccc(C(N)=O)n2)C1. The van der Waals surface area contributed by atoms with Crippen molar-refractivity contribution in [2.24, 2.45) is 5.73 Å². The molecule has 1 saturated heterocycles. The minimum atomic E-state index is -0.529. The highest BCUT2D eigenvalue weighted by molar-refractivity contribution is 5.91. The van der Waals surface area contributed by atoms with E-state index in [0.717, 1.165) is 25.3 Å².